The van der Waals surface area contributed by atoms with Crippen LogP contribution in [0, 0.1) is 6.92 Å². The lowest BCUT2D eigenvalue weighted by atomic mass is 9.98. The van der Waals surface area contributed by atoms with Gasteiger partial charge in [0.2, 0.25) is 0 Å². The Balaban J connectivity index is 1.38. The summed E-state index contributed by atoms with van der Waals surface area (Å²) >= 11 is 1.40. The zero-order valence-corrected chi connectivity index (χ0v) is 19.5. The van der Waals surface area contributed by atoms with Gasteiger partial charge in [0.25, 0.3) is 0 Å². The Hall–Kier alpha value is -2.68. The summed E-state index contributed by atoms with van der Waals surface area (Å²) in [5, 5.41) is 11.4. The van der Waals surface area contributed by atoms with Gasteiger partial charge in [-0.15, -0.1) is 0 Å². The van der Waals surface area contributed by atoms with Crippen molar-refractivity contribution in [2.75, 3.05) is 6.61 Å². The maximum Gasteiger partial charge on any atom is 0.338 e. The monoisotopic (exact) mass is 478 g/mol. The highest BCUT2D eigenvalue weighted by Crippen LogP contribution is 2.40. The van der Waals surface area contributed by atoms with Crippen molar-refractivity contribution in [3.05, 3.63) is 102 Å². The second-order valence-electron chi connectivity index (χ2n) is 8.38. The average Bonchev–Trinajstić information content (AvgIpc) is 2.88. The molecule has 0 aromatic heterocycles. The van der Waals surface area contributed by atoms with Crippen LogP contribution in [-0.2, 0) is 18.9 Å². The summed E-state index contributed by atoms with van der Waals surface area (Å²) in [4.78, 5) is 13.8. The lowest BCUT2D eigenvalue weighted by Crippen LogP contribution is -2.61. The molecule has 2 aliphatic rings. The Morgan fingerprint density at radius 3 is 2.32 bits per heavy atom. The van der Waals surface area contributed by atoms with Gasteiger partial charge in [0.05, 0.1) is 12.2 Å². The maximum atomic E-state index is 12.9. The van der Waals surface area contributed by atoms with E-state index in [0.717, 1.165) is 16.0 Å². The van der Waals surface area contributed by atoms with Gasteiger partial charge in [0, 0.05) is 10.5 Å². The van der Waals surface area contributed by atoms with Crippen molar-refractivity contribution < 1.29 is 28.8 Å². The first kappa shape index (κ1) is 23.1. The lowest BCUT2D eigenvalue weighted by Gasteiger charge is -2.47. The molecule has 2 aliphatic heterocycles. The molecule has 0 radical (unpaired) electrons. The normalized spacial score (nSPS) is 28.6. The standard InChI is InChI=1S/C27H26O6S/c1-17-12-14-20(15-13-17)34-27-24(32-25(29)18-8-4-2-5-9-18)22(28)23-21(31-27)16-30-26(33-23)19-10-6-3-7-11-19/h2-15,21-24,26-28H,16H2,1H3/t21-,22+,23+,24-,26-,27+/m1/s1. The number of aliphatic hydroxyl groups is 1. The molecule has 0 unspecified atom stereocenters. The van der Waals surface area contributed by atoms with Crippen LogP contribution in [0.1, 0.15) is 27.8 Å². The third-order valence-electron chi connectivity index (χ3n) is 5.91. The summed E-state index contributed by atoms with van der Waals surface area (Å²) in [5.41, 5.74) is 1.77. The van der Waals surface area contributed by atoms with E-state index >= 15 is 0 Å². The van der Waals surface area contributed by atoms with Crippen molar-refractivity contribution in [2.24, 2.45) is 0 Å². The maximum absolute atomic E-state index is 12.9. The molecule has 2 fully saturated rings. The number of aliphatic hydroxyl groups excluding tert-OH is 1. The molecule has 0 spiro atoms. The molecule has 1 N–H and O–H groups in total. The van der Waals surface area contributed by atoms with Crippen molar-refractivity contribution in [3.8, 4) is 0 Å². The molecule has 34 heavy (non-hydrogen) atoms. The first-order valence-corrected chi connectivity index (χ1v) is 12.1. The van der Waals surface area contributed by atoms with Crippen molar-refractivity contribution in [3.63, 3.8) is 0 Å². The van der Waals surface area contributed by atoms with E-state index in [-0.39, 0.29) is 6.61 Å². The number of carbonyl (C=O) groups is 1. The topological polar surface area (TPSA) is 74.2 Å². The van der Waals surface area contributed by atoms with E-state index < -0.39 is 42.1 Å². The molecule has 0 aliphatic carbocycles. The third kappa shape index (κ3) is 5.04. The molecular formula is C27H26O6S. The van der Waals surface area contributed by atoms with E-state index in [9.17, 15) is 9.90 Å². The molecule has 3 aromatic rings. The van der Waals surface area contributed by atoms with Gasteiger partial charge in [-0.25, -0.2) is 4.79 Å². The smallest absolute Gasteiger partial charge is 0.338 e. The zero-order valence-electron chi connectivity index (χ0n) is 18.7. The fraction of sp³-hybridized carbons (Fsp3) is 0.296. The van der Waals surface area contributed by atoms with Crippen LogP contribution >= 0.6 is 11.8 Å². The number of ether oxygens (including phenoxy) is 4. The van der Waals surface area contributed by atoms with Gasteiger partial charge in [0.15, 0.2) is 12.4 Å². The second kappa shape index (κ2) is 10.3. The van der Waals surface area contributed by atoms with Crippen LogP contribution in [0.4, 0.5) is 0 Å². The number of benzene rings is 3. The Morgan fingerprint density at radius 1 is 0.941 bits per heavy atom. The summed E-state index contributed by atoms with van der Waals surface area (Å²) in [6.07, 6.45) is -3.86. The minimum absolute atomic E-state index is 0.256. The molecular weight excluding hydrogens is 452 g/mol. The fourth-order valence-corrected chi connectivity index (χ4v) is 5.19. The van der Waals surface area contributed by atoms with E-state index in [1.54, 1.807) is 24.3 Å². The fourth-order valence-electron chi connectivity index (χ4n) is 4.08. The van der Waals surface area contributed by atoms with Crippen LogP contribution in [0.3, 0.4) is 0 Å². The Labute approximate surface area is 202 Å². The van der Waals surface area contributed by atoms with E-state index in [1.807, 2.05) is 67.6 Å². The number of hydrogen-bond donors (Lipinski definition) is 1. The number of esters is 1. The number of hydrogen-bond acceptors (Lipinski definition) is 7. The second-order valence-corrected chi connectivity index (χ2v) is 9.55. The highest BCUT2D eigenvalue weighted by molar-refractivity contribution is 7.99. The number of carbonyl (C=O) groups excluding carboxylic acids is 1. The summed E-state index contributed by atoms with van der Waals surface area (Å²) in [6.45, 7) is 2.27. The van der Waals surface area contributed by atoms with E-state index in [1.165, 1.54) is 11.8 Å². The minimum Gasteiger partial charge on any atom is -0.452 e. The zero-order chi connectivity index (χ0) is 23.5. The van der Waals surface area contributed by atoms with E-state index in [0.29, 0.717) is 5.56 Å². The van der Waals surface area contributed by atoms with Crippen LogP contribution < -0.4 is 0 Å². The average molecular weight is 479 g/mol. The van der Waals surface area contributed by atoms with Crippen LogP contribution in [0.5, 0.6) is 0 Å². The summed E-state index contributed by atoms with van der Waals surface area (Å²) in [5.74, 6) is -0.520. The van der Waals surface area contributed by atoms with Gasteiger partial charge in [-0.1, -0.05) is 78.0 Å². The van der Waals surface area contributed by atoms with Crippen LogP contribution in [0.2, 0.25) is 0 Å². The summed E-state index contributed by atoms with van der Waals surface area (Å²) in [7, 11) is 0. The SMILES string of the molecule is Cc1ccc(S[C@@H]2O[C@@H]3CO[C@@H](c4ccccc4)O[C@@H]3[C@H](O)[C@H]2OC(=O)c2ccccc2)cc1. The predicted octanol–water partition coefficient (Wildman–Crippen LogP) is 4.51. The Kier molecular flexibility index (Phi) is 6.99. The number of rotatable bonds is 5. The van der Waals surface area contributed by atoms with Gasteiger partial charge in [0.1, 0.15) is 23.7 Å². The van der Waals surface area contributed by atoms with Crippen LogP contribution in [0.15, 0.2) is 89.8 Å². The van der Waals surface area contributed by atoms with E-state index in [2.05, 4.69) is 0 Å². The molecule has 7 heteroatoms. The Morgan fingerprint density at radius 2 is 1.62 bits per heavy atom. The number of thioether (sulfide) groups is 1. The molecule has 5 rings (SSSR count). The van der Waals surface area contributed by atoms with Crippen molar-refractivity contribution in [1.82, 2.24) is 0 Å². The Bertz CT molecular complexity index is 1090. The highest BCUT2D eigenvalue weighted by atomic mass is 32.2. The van der Waals surface area contributed by atoms with Crippen molar-refractivity contribution in [2.45, 2.75) is 48.0 Å². The van der Waals surface area contributed by atoms with Crippen molar-refractivity contribution >= 4 is 17.7 Å². The van der Waals surface area contributed by atoms with Gasteiger partial charge in [-0.05, 0) is 31.2 Å². The first-order valence-electron chi connectivity index (χ1n) is 11.2. The molecule has 6 atom stereocenters. The molecule has 0 saturated carbocycles. The molecule has 0 bridgehead atoms. The molecule has 0 amide bonds. The largest absolute Gasteiger partial charge is 0.452 e. The molecule has 3 aromatic carbocycles. The molecule has 176 valence electrons. The predicted molar refractivity (Wildman–Crippen MR) is 127 cm³/mol. The van der Waals surface area contributed by atoms with Crippen molar-refractivity contribution in [1.29, 1.82) is 0 Å². The third-order valence-corrected chi connectivity index (χ3v) is 7.06. The van der Waals surface area contributed by atoms with Gasteiger partial charge in [-0.3, -0.25) is 0 Å². The van der Waals surface area contributed by atoms with Gasteiger partial charge < -0.3 is 24.1 Å². The molecule has 6 nitrogen and oxygen atoms in total. The molecule has 2 saturated heterocycles. The minimum atomic E-state index is -1.09. The number of aryl methyl sites for hydroxylation is 1. The summed E-state index contributed by atoms with van der Waals surface area (Å²) in [6, 6.07) is 26.2. The lowest BCUT2D eigenvalue weighted by molar-refractivity contribution is -0.317. The summed E-state index contributed by atoms with van der Waals surface area (Å²) < 4.78 is 24.2. The quantitative estimate of drug-likeness (QED) is 0.541. The van der Waals surface area contributed by atoms with E-state index in [4.69, 9.17) is 18.9 Å². The van der Waals surface area contributed by atoms with Gasteiger partial charge in [-0.2, -0.15) is 0 Å². The van der Waals surface area contributed by atoms with Gasteiger partial charge >= 0.3 is 5.97 Å². The molecule has 2 heterocycles. The van der Waals surface area contributed by atoms with Crippen LogP contribution in [-0.4, -0.2) is 47.5 Å². The van der Waals surface area contributed by atoms with Crippen LogP contribution in [0.25, 0.3) is 0 Å². The highest BCUT2D eigenvalue weighted by Gasteiger charge is 2.51. The first-order chi connectivity index (χ1) is 16.6. The number of fused-ring (bicyclic) bond motifs is 1.